The molecular formula is C21H26N2O4S. The van der Waals surface area contributed by atoms with Crippen LogP contribution in [0.4, 0.5) is 0 Å². The zero-order valence-corrected chi connectivity index (χ0v) is 16.8. The lowest BCUT2D eigenvalue weighted by atomic mass is 9.99. The number of piperidine rings is 1. The Morgan fingerprint density at radius 1 is 1.11 bits per heavy atom. The predicted octanol–water partition coefficient (Wildman–Crippen LogP) is 2.55. The van der Waals surface area contributed by atoms with Crippen LogP contribution in [0.15, 0.2) is 54.6 Å². The van der Waals surface area contributed by atoms with Crippen LogP contribution < -0.4 is 10.1 Å². The number of carbonyl (C=O) groups excluding carboxylic acids is 1. The van der Waals surface area contributed by atoms with Crippen LogP contribution in [0, 0.1) is 5.92 Å². The van der Waals surface area contributed by atoms with Gasteiger partial charge in [-0.3, -0.25) is 4.79 Å². The number of rotatable bonds is 7. The van der Waals surface area contributed by atoms with Crippen LogP contribution in [0.3, 0.4) is 0 Å². The minimum absolute atomic E-state index is 0.0337. The Labute approximate surface area is 166 Å². The summed E-state index contributed by atoms with van der Waals surface area (Å²) in [4.78, 5) is 12.6. The van der Waals surface area contributed by atoms with Gasteiger partial charge in [-0.05, 0) is 36.1 Å². The third-order valence-electron chi connectivity index (χ3n) is 4.97. The molecule has 0 radical (unpaired) electrons. The fourth-order valence-corrected chi connectivity index (χ4v) is 4.97. The third-order valence-corrected chi connectivity index (χ3v) is 6.78. The van der Waals surface area contributed by atoms with E-state index in [0.29, 0.717) is 25.9 Å². The molecule has 7 heteroatoms. The molecule has 1 saturated heterocycles. The van der Waals surface area contributed by atoms with E-state index in [0.717, 1.165) is 16.9 Å². The summed E-state index contributed by atoms with van der Waals surface area (Å²) in [6.07, 6.45) is 1.39. The first-order valence-corrected chi connectivity index (χ1v) is 11.0. The van der Waals surface area contributed by atoms with Crippen LogP contribution in [0.2, 0.25) is 0 Å². The van der Waals surface area contributed by atoms with Crippen molar-refractivity contribution < 1.29 is 17.9 Å². The molecule has 1 aliphatic heterocycles. The summed E-state index contributed by atoms with van der Waals surface area (Å²) in [5.41, 5.74) is 1.73. The maximum Gasteiger partial charge on any atom is 0.224 e. The number of hydrogen-bond donors (Lipinski definition) is 1. The molecule has 1 N–H and O–H groups in total. The molecule has 6 nitrogen and oxygen atoms in total. The molecule has 0 bridgehead atoms. The van der Waals surface area contributed by atoms with Gasteiger partial charge in [0.1, 0.15) is 5.75 Å². The lowest BCUT2D eigenvalue weighted by Crippen LogP contribution is -2.45. The number of carbonyl (C=O) groups is 1. The number of benzene rings is 2. The van der Waals surface area contributed by atoms with Gasteiger partial charge < -0.3 is 10.1 Å². The Morgan fingerprint density at radius 2 is 1.82 bits per heavy atom. The van der Waals surface area contributed by atoms with Crippen molar-refractivity contribution in [3.05, 3.63) is 65.7 Å². The molecular weight excluding hydrogens is 376 g/mol. The Bertz CT molecular complexity index is 882. The second-order valence-electron chi connectivity index (χ2n) is 7.00. The summed E-state index contributed by atoms with van der Waals surface area (Å²) in [5, 5.41) is 2.93. The van der Waals surface area contributed by atoms with E-state index in [4.69, 9.17) is 4.74 Å². The minimum atomic E-state index is -3.44. The summed E-state index contributed by atoms with van der Waals surface area (Å²) in [6, 6.07) is 16.6. The van der Waals surface area contributed by atoms with E-state index < -0.39 is 10.0 Å². The second-order valence-corrected chi connectivity index (χ2v) is 8.97. The normalized spacial score (nSPS) is 17.8. The van der Waals surface area contributed by atoms with Gasteiger partial charge in [-0.15, -0.1) is 0 Å². The maximum atomic E-state index is 12.7. The highest BCUT2D eigenvalue weighted by Gasteiger charge is 2.32. The molecule has 1 atom stereocenters. The molecule has 0 aromatic heterocycles. The van der Waals surface area contributed by atoms with E-state index in [1.807, 2.05) is 42.5 Å². The van der Waals surface area contributed by atoms with Gasteiger partial charge >= 0.3 is 0 Å². The molecule has 1 fully saturated rings. The van der Waals surface area contributed by atoms with Crippen molar-refractivity contribution >= 4 is 15.9 Å². The molecule has 1 amide bonds. The van der Waals surface area contributed by atoms with E-state index in [2.05, 4.69) is 5.32 Å². The summed E-state index contributed by atoms with van der Waals surface area (Å²) >= 11 is 0. The van der Waals surface area contributed by atoms with Crippen molar-refractivity contribution in [1.82, 2.24) is 9.62 Å². The lowest BCUT2D eigenvalue weighted by molar-refractivity contribution is -0.126. The zero-order chi connectivity index (χ0) is 20.0. The van der Waals surface area contributed by atoms with Gasteiger partial charge in [-0.25, -0.2) is 12.7 Å². The monoisotopic (exact) mass is 402 g/mol. The summed E-state index contributed by atoms with van der Waals surface area (Å²) in [6.45, 7) is 1.12. The predicted molar refractivity (Wildman–Crippen MR) is 108 cm³/mol. The Morgan fingerprint density at radius 3 is 2.50 bits per heavy atom. The average molecular weight is 403 g/mol. The maximum absolute atomic E-state index is 12.7. The zero-order valence-electron chi connectivity index (χ0n) is 16.0. The van der Waals surface area contributed by atoms with Crippen molar-refractivity contribution in [2.45, 2.75) is 25.1 Å². The number of hydrogen-bond acceptors (Lipinski definition) is 4. The van der Waals surface area contributed by atoms with Crippen molar-refractivity contribution in [3.8, 4) is 5.75 Å². The quantitative estimate of drug-likeness (QED) is 0.772. The van der Waals surface area contributed by atoms with Crippen molar-refractivity contribution in [2.24, 2.45) is 5.92 Å². The van der Waals surface area contributed by atoms with Gasteiger partial charge in [0, 0.05) is 19.6 Å². The third kappa shape index (κ3) is 5.33. The molecule has 3 rings (SSSR count). The van der Waals surface area contributed by atoms with Crippen LogP contribution in [-0.4, -0.2) is 38.8 Å². The molecule has 2 aromatic carbocycles. The van der Waals surface area contributed by atoms with Gasteiger partial charge in [-0.2, -0.15) is 0 Å². The number of nitrogens with zero attached hydrogens (tertiary/aromatic N) is 1. The minimum Gasteiger partial charge on any atom is -0.497 e. The number of nitrogens with one attached hydrogen (secondary N) is 1. The summed E-state index contributed by atoms with van der Waals surface area (Å²) in [5.74, 6) is 0.309. The molecule has 1 heterocycles. The van der Waals surface area contributed by atoms with E-state index in [1.54, 1.807) is 19.2 Å². The Balaban J connectivity index is 1.56. The molecule has 1 aliphatic rings. The smallest absolute Gasteiger partial charge is 0.224 e. The van der Waals surface area contributed by atoms with Crippen LogP contribution in [0.25, 0.3) is 0 Å². The summed E-state index contributed by atoms with van der Waals surface area (Å²) < 4.78 is 32.1. The number of methoxy groups -OCH3 is 1. The fourth-order valence-electron chi connectivity index (χ4n) is 3.36. The van der Waals surface area contributed by atoms with Crippen molar-refractivity contribution in [1.29, 1.82) is 0 Å². The molecule has 28 heavy (non-hydrogen) atoms. The fraction of sp³-hybridized carbons (Fsp3) is 0.381. The first-order chi connectivity index (χ1) is 13.5. The highest BCUT2D eigenvalue weighted by Crippen LogP contribution is 2.22. The van der Waals surface area contributed by atoms with Gasteiger partial charge in [-0.1, -0.05) is 42.5 Å². The van der Waals surface area contributed by atoms with Crippen LogP contribution in [-0.2, 0) is 27.1 Å². The first-order valence-electron chi connectivity index (χ1n) is 9.40. The molecule has 150 valence electrons. The van der Waals surface area contributed by atoms with Crippen LogP contribution >= 0.6 is 0 Å². The largest absolute Gasteiger partial charge is 0.497 e. The highest BCUT2D eigenvalue weighted by atomic mass is 32.2. The number of amides is 1. The molecule has 2 aromatic rings. The molecule has 0 aliphatic carbocycles. The van der Waals surface area contributed by atoms with Crippen LogP contribution in [0.1, 0.15) is 24.0 Å². The van der Waals surface area contributed by atoms with E-state index in [9.17, 15) is 13.2 Å². The molecule has 1 unspecified atom stereocenters. The van der Waals surface area contributed by atoms with Gasteiger partial charge in [0.15, 0.2) is 0 Å². The van der Waals surface area contributed by atoms with Crippen molar-refractivity contribution in [2.75, 3.05) is 20.2 Å². The highest BCUT2D eigenvalue weighted by molar-refractivity contribution is 7.88. The average Bonchev–Trinajstić information content (AvgIpc) is 2.73. The van der Waals surface area contributed by atoms with E-state index >= 15 is 0 Å². The number of sulfonamides is 1. The van der Waals surface area contributed by atoms with Gasteiger partial charge in [0.2, 0.25) is 15.9 Å². The topological polar surface area (TPSA) is 75.7 Å². The Kier molecular flexibility index (Phi) is 6.70. The van der Waals surface area contributed by atoms with Gasteiger partial charge in [0.05, 0.1) is 18.8 Å². The van der Waals surface area contributed by atoms with E-state index in [-0.39, 0.29) is 24.1 Å². The lowest BCUT2D eigenvalue weighted by Gasteiger charge is -2.31. The van der Waals surface area contributed by atoms with Crippen LogP contribution in [0.5, 0.6) is 5.75 Å². The van der Waals surface area contributed by atoms with E-state index in [1.165, 1.54) is 4.31 Å². The molecule has 0 spiro atoms. The molecule has 0 saturated carbocycles. The first kappa shape index (κ1) is 20.4. The number of ether oxygens (including phenoxy) is 1. The SMILES string of the molecule is COc1ccc(CNC(=O)C2CCCN(S(=O)(=O)Cc3ccccc3)C2)cc1. The van der Waals surface area contributed by atoms with Gasteiger partial charge in [0.25, 0.3) is 0 Å². The Hall–Kier alpha value is -2.38. The summed E-state index contributed by atoms with van der Waals surface area (Å²) in [7, 11) is -1.83. The standard InChI is InChI=1S/C21H26N2O4S/c1-27-20-11-9-17(10-12-20)14-22-21(24)19-8-5-13-23(15-19)28(25,26)16-18-6-3-2-4-7-18/h2-4,6-7,9-12,19H,5,8,13-16H2,1H3,(H,22,24). The van der Waals surface area contributed by atoms with Crippen molar-refractivity contribution in [3.63, 3.8) is 0 Å². The second kappa shape index (κ2) is 9.21.